The number of fused-ring (bicyclic) bond motifs is 1. The van der Waals surface area contributed by atoms with Crippen LogP contribution in [0.1, 0.15) is 43.5 Å². The largest absolute Gasteiger partial charge is 0.492 e. The lowest BCUT2D eigenvalue weighted by Gasteiger charge is -2.28. The fraction of sp³-hybridized carbons (Fsp3) is 0.448. The summed E-state index contributed by atoms with van der Waals surface area (Å²) < 4.78 is 24.4. The van der Waals surface area contributed by atoms with E-state index >= 15 is 0 Å². The van der Waals surface area contributed by atoms with Crippen LogP contribution in [0.15, 0.2) is 48.5 Å². The summed E-state index contributed by atoms with van der Waals surface area (Å²) in [6, 6.07) is 10.3. The van der Waals surface area contributed by atoms with Gasteiger partial charge < -0.3 is 30.3 Å². The van der Waals surface area contributed by atoms with Gasteiger partial charge in [-0.25, -0.2) is 4.39 Å². The van der Waals surface area contributed by atoms with Crippen molar-refractivity contribution in [1.29, 1.82) is 0 Å². The summed E-state index contributed by atoms with van der Waals surface area (Å²) in [5.41, 5.74) is 0.228. The van der Waals surface area contributed by atoms with Gasteiger partial charge in [0.25, 0.3) is 5.91 Å². The Bertz CT molecular complexity index is 1180. The zero-order valence-corrected chi connectivity index (χ0v) is 23.1. The maximum Gasteiger partial charge on any atom is 0.255 e. The van der Waals surface area contributed by atoms with E-state index in [-0.39, 0.29) is 62.4 Å². The first-order chi connectivity index (χ1) is 19.2. The van der Waals surface area contributed by atoms with E-state index in [2.05, 4.69) is 16.0 Å². The molecule has 2 aromatic rings. The molecule has 0 saturated carbocycles. The predicted molar refractivity (Wildman–Crippen MR) is 146 cm³/mol. The minimum absolute atomic E-state index is 0.00249. The first-order valence-electron chi connectivity index (χ1n) is 13.4. The minimum atomic E-state index is -1.04. The lowest BCUT2D eigenvalue weighted by Crippen LogP contribution is -2.52. The Morgan fingerprint density at radius 1 is 1.15 bits per heavy atom. The molecule has 1 aliphatic heterocycles. The highest BCUT2D eigenvalue weighted by molar-refractivity contribution is 5.99. The van der Waals surface area contributed by atoms with Crippen molar-refractivity contribution >= 4 is 23.6 Å². The summed E-state index contributed by atoms with van der Waals surface area (Å²) in [4.78, 5) is 53.8. The number of halogens is 1. The number of rotatable bonds is 7. The molecular formula is C29H37FN4O6. The lowest BCUT2D eigenvalue weighted by atomic mass is 9.97. The van der Waals surface area contributed by atoms with Crippen LogP contribution < -0.4 is 25.4 Å². The molecule has 0 aromatic heterocycles. The average Bonchev–Trinajstić information content (AvgIpc) is 2.96. The number of carbonyl (C=O) groups is 4. The van der Waals surface area contributed by atoms with E-state index in [4.69, 9.17) is 9.47 Å². The van der Waals surface area contributed by atoms with Crippen LogP contribution >= 0.6 is 0 Å². The van der Waals surface area contributed by atoms with Gasteiger partial charge in [-0.15, -0.1) is 0 Å². The Labute approximate surface area is 233 Å². The molecule has 0 fully saturated rings. The number of ether oxygens (including phenoxy) is 2. The number of likely N-dealkylation sites (N-methyl/N-ethyl adjacent to an activating group) is 1. The average molecular weight is 557 g/mol. The summed E-state index contributed by atoms with van der Waals surface area (Å²) in [6.45, 7) is 4.44. The Hall–Kier alpha value is -4.15. The molecule has 0 aliphatic carbocycles. The van der Waals surface area contributed by atoms with Crippen LogP contribution in [0, 0.1) is 11.7 Å². The number of hydrogen-bond acceptors (Lipinski definition) is 6. The van der Waals surface area contributed by atoms with E-state index in [0.29, 0.717) is 17.9 Å². The fourth-order valence-corrected chi connectivity index (χ4v) is 4.13. The monoisotopic (exact) mass is 556 g/mol. The summed E-state index contributed by atoms with van der Waals surface area (Å²) >= 11 is 0. The number of benzene rings is 2. The number of nitrogens with zero attached hydrogens (tertiary/aromatic N) is 1. The molecular weight excluding hydrogens is 519 g/mol. The van der Waals surface area contributed by atoms with Gasteiger partial charge in [-0.05, 0) is 48.7 Å². The van der Waals surface area contributed by atoms with Crippen molar-refractivity contribution in [2.45, 2.75) is 45.2 Å². The van der Waals surface area contributed by atoms with Crippen LogP contribution in [-0.4, -0.2) is 74.0 Å². The molecule has 0 unspecified atom stereocenters. The zero-order valence-electron chi connectivity index (χ0n) is 23.1. The quantitative estimate of drug-likeness (QED) is 0.450. The molecule has 0 saturated heterocycles. The third-order valence-electron chi connectivity index (χ3n) is 6.75. The number of hydrogen-bond donors (Lipinski definition) is 3. The molecule has 3 atom stereocenters. The maximum absolute atomic E-state index is 13.2. The van der Waals surface area contributed by atoms with Gasteiger partial charge in [-0.2, -0.15) is 0 Å². The lowest BCUT2D eigenvalue weighted by molar-refractivity contribution is -0.137. The number of para-hydroxylation sites is 1. The van der Waals surface area contributed by atoms with E-state index < -0.39 is 29.8 Å². The molecule has 216 valence electrons. The van der Waals surface area contributed by atoms with Gasteiger partial charge in [-0.3, -0.25) is 19.2 Å². The minimum Gasteiger partial charge on any atom is -0.492 e. The smallest absolute Gasteiger partial charge is 0.255 e. The number of carbonyl (C=O) groups excluding carboxylic acids is 4. The van der Waals surface area contributed by atoms with Crippen molar-refractivity contribution in [2.24, 2.45) is 5.92 Å². The molecule has 1 heterocycles. The van der Waals surface area contributed by atoms with Crippen molar-refractivity contribution in [1.82, 2.24) is 20.9 Å². The van der Waals surface area contributed by atoms with Crippen LogP contribution in [-0.2, 0) is 14.4 Å². The number of amides is 4. The zero-order chi connectivity index (χ0) is 29.1. The van der Waals surface area contributed by atoms with E-state index in [1.54, 1.807) is 31.3 Å². The van der Waals surface area contributed by atoms with Gasteiger partial charge in [0.15, 0.2) is 0 Å². The van der Waals surface area contributed by atoms with Crippen molar-refractivity contribution in [3.8, 4) is 11.5 Å². The molecule has 11 heteroatoms. The highest BCUT2D eigenvalue weighted by Crippen LogP contribution is 2.19. The molecule has 0 radical (unpaired) electrons. The topological polar surface area (TPSA) is 126 Å². The Balaban J connectivity index is 1.75. The molecule has 10 nitrogen and oxygen atoms in total. The molecule has 0 spiro atoms. The van der Waals surface area contributed by atoms with Gasteiger partial charge in [0.1, 0.15) is 42.6 Å². The fourth-order valence-electron chi connectivity index (χ4n) is 4.13. The molecule has 40 heavy (non-hydrogen) atoms. The third-order valence-corrected chi connectivity index (χ3v) is 6.75. The molecule has 3 N–H and O–H groups in total. The molecule has 1 aliphatic rings. The van der Waals surface area contributed by atoms with E-state index in [1.165, 1.54) is 29.2 Å². The highest BCUT2D eigenvalue weighted by Gasteiger charge is 2.30. The van der Waals surface area contributed by atoms with Crippen molar-refractivity contribution in [2.75, 3.05) is 33.4 Å². The summed E-state index contributed by atoms with van der Waals surface area (Å²) in [7, 11) is 1.64. The van der Waals surface area contributed by atoms with Crippen molar-refractivity contribution in [3.05, 3.63) is 59.9 Å². The maximum atomic E-state index is 13.2. The second-order valence-electron chi connectivity index (χ2n) is 9.69. The summed E-state index contributed by atoms with van der Waals surface area (Å²) in [5.74, 6) is -1.40. The standard InChI is InChI=1S/C29H37FN4O6/c1-4-19(2)26-29(38)34(3)16-18-40-24-8-6-5-7-22(24)27(36)32-23(13-14-25(35)33-26)28(37)31-15-17-39-21-11-9-20(30)10-12-21/h5-12,19,23,26H,4,13-18H2,1-3H3,(H,31,37)(H,32,36)(H,33,35)/t19-,23-,26-/m0/s1. The molecule has 4 amide bonds. The normalized spacial score (nSPS) is 19.6. The van der Waals surface area contributed by atoms with E-state index in [9.17, 15) is 23.6 Å². The van der Waals surface area contributed by atoms with Gasteiger partial charge in [0, 0.05) is 13.5 Å². The second kappa shape index (κ2) is 14.9. The van der Waals surface area contributed by atoms with Gasteiger partial charge in [-0.1, -0.05) is 32.4 Å². The van der Waals surface area contributed by atoms with Gasteiger partial charge in [0.05, 0.1) is 18.7 Å². The first-order valence-corrected chi connectivity index (χ1v) is 13.4. The van der Waals surface area contributed by atoms with E-state index in [1.807, 2.05) is 13.8 Å². The predicted octanol–water partition coefficient (Wildman–Crippen LogP) is 2.28. The van der Waals surface area contributed by atoms with Crippen molar-refractivity contribution < 1.29 is 33.0 Å². The Kier molecular flexibility index (Phi) is 11.3. The summed E-state index contributed by atoms with van der Waals surface area (Å²) in [6.07, 6.45) is 0.588. The molecule has 0 bridgehead atoms. The highest BCUT2D eigenvalue weighted by atomic mass is 19.1. The van der Waals surface area contributed by atoms with Crippen LogP contribution in [0.3, 0.4) is 0 Å². The Morgan fingerprint density at radius 2 is 1.88 bits per heavy atom. The Morgan fingerprint density at radius 3 is 2.60 bits per heavy atom. The number of nitrogens with one attached hydrogen (secondary N) is 3. The molecule has 2 aromatic carbocycles. The van der Waals surface area contributed by atoms with Gasteiger partial charge >= 0.3 is 0 Å². The first kappa shape index (κ1) is 30.4. The van der Waals surface area contributed by atoms with Crippen LogP contribution in [0.4, 0.5) is 4.39 Å². The second-order valence-corrected chi connectivity index (χ2v) is 9.69. The van der Waals surface area contributed by atoms with E-state index in [0.717, 1.165) is 0 Å². The van der Waals surface area contributed by atoms with Crippen LogP contribution in [0.2, 0.25) is 0 Å². The SMILES string of the molecule is CC[C@H](C)[C@@H]1NC(=O)CC[C@@H](C(=O)NCCOc2ccc(F)cc2)NC(=O)c2ccccc2OCCN(C)C1=O. The van der Waals surface area contributed by atoms with Crippen molar-refractivity contribution in [3.63, 3.8) is 0 Å². The van der Waals surface area contributed by atoms with Crippen LogP contribution in [0.5, 0.6) is 11.5 Å². The summed E-state index contributed by atoms with van der Waals surface area (Å²) in [5, 5.41) is 8.25. The third kappa shape index (κ3) is 8.69. The van der Waals surface area contributed by atoms with Gasteiger partial charge in [0.2, 0.25) is 17.7 Å². The molecule has 3 rings (SSSR count). The van der Waals surface area contributed by atoms with Crippen LogP contribution in [0.25, 0.3) is 0 Å².